The van der Waals surface area contributed by atoms with Crippen LogP contribution in [0.4, 0.5) is 5.95 Å². The minimum Gasteiger partial charge on any atom is -0.479 e. The van der Waals surface area contributed by atoms with Crippen LogP contribution in [0.15, 0.2) is 6.33 Å². The minimum atomic E-state index is -3.88. The van der Waals surface area contributed by atoms with Crippen LogP contribution < -0.4 is 20.6 Å². The standard InChI is InChI=1S/C21H36N7O8P/c1-8-34-18(30)20(4,5)27-37(32,26-11(2)3)35-9-12-14(29)21(6,31)17(36-12)28-10-23-13-15(28)24-19(22)25-16(13)33-7/h10-12,14,17,29,31H,8-9H2,1-7H3,(H2,22,24,25)(H2,26,27,32)/t12-,14?,17-,21+,37?/m1/s1. The molecule has 5 atom stereocenters. The summed E-state index contributed by atoms with van der Waals surface area (Å²) in [6.07, 6.45) is -2.39. The highest BCUT2D eigenvalue weighted by molar-refractivity contribution is 7.54. The van der Waals surface area contributed by atoms with Crippen molar-refractivity contribution in [1.82, 2.24) is 29.7 Å². The number of aliphatic hydroxyl groups excluding tert-OH is 1. The largest absolute Gasteiger partial charge is 0.479 e. The van der Waals surface area contributed by atoms with Gasteiger partial charge in [0.25, 0.3) is 0 Å². The van der Waals surface area contributed by atoms with Gasteiger partial charge >= 0.3 is 13.6 Å². The molecule has 2 aromatic rings. The first-order valence-corrected chi connectivity index (χ1v) is 13.4. The Hall–Kier alpha value is -2.39. The average molecular weight is 546 g/mol. The molecule has 2 unspecified atom stereocenters. The Morgan fingerprint density at radius 2 is 2.08 bits per heavy atom. The van der Waals surface area contributed by atoms with Crippen LogP contribution in [-0.4, -0.2) is 85.4 Å². The summed E-state index contributed by atoms with van der Waals surface area (Å²) in [5.41, 5.74) is 3.09. The second-order valence-corrected chi connectivity index (χ2v) is 11.5. The number of aromatic nitrogens is 4. The van der Waals surface area contributed by atoms with E-state index in [9.17, 15) is 19.6 Å². The Labute approximate surface area is 214 Å². The zero-order valence-corrected chi connectivity index (χ0v) is 22.9. The molecular weight excluding hydrogens is 509 g/mol. The summed E-state index contributed by atoms with van der Waals surface area (Å²) in [4.78, 5) is 24.7. The summed E-state index contributed by atoms with van der Waals surface area (Å²) in [7, 11) is -2.47. The molecule has 3 rings (SSSR count). The number of nitrogens with one attached hydrogen (secondary N) is 2. The molecule has 2 aromatic heterocycles. The highest BCUT2D eigenvalue weighted by Crippen LogP contribution is 2.45. The quantitative estimate of drug-likeness (QED) is 0.192. The molecule has 15 nitrogen and oxygen atoms in total. The maximum absolute atomic E-state index is 13.7. The van der Waals surface area contributed by atoms with Crippen LogP contribution in [-0.2, 0) is 23.4 Å². The topological polar surface area (TPSA) is 205 Å². The number of carbonyl (C=O) groups excluding carboxylic acids is 1. The van der Waals surface area contributed by atoms with Gasteiger partial charge in [-0.3, -0.25) is 13.9 Å². The van der Waals surface area contributed by atoms with E-state index in [1.165, 1.54) is 38.8 Å². The van der Waals surface area contributed by atoms with Crippen molar-refractivity contribution in [3.05, 3.63) is 6.33 Å². The summed E-state index contributed by atoms with van der Waals surface area (Å²) >= 11 is 0. The summed E-state index contributed by atoms with van der Waals surface area (Å²) in [5, 5.41) is 27.6. The number of anilines is 1. The third-order valence-electron chi connectivity index (χ3n) is 5.67. The summed E-state index contributed by atoms with van der Waals surface area (Å²) in [6, 6.07) is -0.293. The van der Waals surface area contributed by atoms with E-state index < -0.39 is 49.8 Å². The van der Waals surface area contributed by atoms with Crippen molar-refractivity contribution in [2.75, 3.05) is 26.1 Å². The lowest BCUT2D eigenvalue weighted by Gasteiger charge is -2.31. The third-order valence-corrected chi connectivity index (χ3v) is 7.89. The van der Waals surface area contributed by atoms with Crippen molar-refractivity contribution in [2.45, 2.75) is 77.2 Å². The van der Waals surface area contributed by atoms with E-state index in [2.05, 4.69) is 25.1 Å². The molecule has 1 aliphatic heterocycles. The van der Waals surface area contributed by atoms with E-state index in [0.717, 1.165) is 0 Å². The van der Waals surface area contributed by atoms with Crippen molar-refractivity contribution in [2.24, 2.45) is 0 Å². The van der Waals surface area contributed by atoms with E-state index in [1.807, 2.05) is 0 Å². The van der Waals surface area contributed by atoms with Gasteiger partial charge in [0.05, 0.1) is 26.7 Å². The summed E-state index contributed by atoms with van der Waals surface area (Å²) in [5.74, 6) is -0.566. The molecule has 3 heterocycles. The molecule has 0 aliphatic carbocycles. The molecule has 0 saturated carbocycles. The predicted octanol–water partition coefficient (Wildman–Crippen LogP) is 0.480. The number of carbonyl (C=O) groups is 1. The normalized spacial score (nSPS) is 25.9. The number of rotatable bonds is 11. The van der Waals surface area contributed by atoms with Gasteiger partial charge in [0.1, 0.15) is 23.3 Å². The zero-order valence-electron chi connectivity index (χ0n) is 22.0. The second-order valence-electron chi connectivity index (χ2n) is 9.70. The van der Waals surface area contributed by atoms with E-state index in [0.29, 0.717) is 0 Å². The molecule has 1 aliphatic rings. The van der Waals surface area contributed by atoms with Gasteiger partial charge in [0.15, 0.2) is 17.4 Å². The fourth-order valence-electron chi connectivity index (χ4n) is 3.94. The Bertz CT molecular complexity index is 1170. The number of aliphatic hydroxyl groups is 2. The smallest absolute Gasteiger partial charge is 0.342 e. The van der Waals surface area contributed by atoms with Crippen molar-refractivity contribution in [3.8, 4) is 5.88 Å². The van der Waals surface area contributed by atoms with Gasteiger partial charge in [0, 0.05) is 6.04 Å². The molecule has 0 aromatic carbocycles. The highest BCUT2D eigenvalue weighted by Gasteiger charge is 2.54. The average Bonchev–Trinajstić information content (AvgIpc) is 3.29. The van der Waals surface area contributed by atoms with Crippen LogP contribution >= 0.6 is 7.67 Å². The fraction of sp³-hybridized carbons (Fsp3) is 0.714. The van der Waals surface area contributed by atoms with Crippen LogP contribution in [0.25, 0.3) is 11.2 Å². The van der Waals surface area contributed by atoms with Crippen LogP contribution in [0.3, 0.4) is 0 Å². The monoisotopic (exact) mass is 545 g/mol. The van der Waals surface area contributed by atoms with Gasteiger partial charge in [-0.15, -0.1) is 0 Å². The van der Waals surface area contributed by atoms with E-state index in [1.54, 1.807) is 20.8 Å². The van der Waals surface area contributed by atoms with Crippen molar-refractivity contribution in [1.29, 1.82) is 0 Å². The van der Waals surface area contributed by atoms with Crippen LogP contribution in [0.2, 0.25) is 0 Å². The Balaban J connectivity index is 1.84. The highest BCUT2D eigenvalue weighted by atomic mass is 31.2. The molecule has 1 fully saturated rings. The molecule has 0 amide bonds. The van der Waals surface area contributed by atoms with E-state index >= 15 is 0 Å². The van der Waals surface area contributed by atoms with Gasteiger partial charge in [-0.25, -0.2) is 15.2 Å². The summed E-state index contributed by atoms with van der Waals surface area (Å²) in [6.45, 7) is 9.32. The number of esters is 1. The summed E-state index contributed by atoms with van der Waals surface area (Å²) < 4.78 is 37.0. The Morgan fingerprint density at radius 3 is 2.68 bits per heavy atom. The van der Waals surface area contributed by atoms with Gasteiger partial charge < -0.3 is 34.7 Å². The van der Waals surface area contributed by atoms with Crippen molar-refractivity contribution in [3.63, 3.8) is 0 Å². The minimum absolute atomic E-state index is 0.0832. The molecule has 0 spiro atoms. The number of nitrogens with two attached hydrogens (primary N) is 1. The first-order chi connectivity index (χ1) is 17.1. The first-order valence-electron chi connectivity index (χ1n) is 11.7. The number of hydrogen-bond donors (Lipinski definition) is 5. The molecular formula is C21H36N7O8P. The fourth-order valence-corrected chi connectivity index (χ4v) is 6.01. The van der Waals surface area contributed by atoms with Crippen LogP contribution in [0, 0.1) is 0 Å². The van der Waals surface area contributed by atoms with Gasteiger partial charge in [-0.05, 0) is 41.5 Å². The number of methoxy groups -OCH3 is 1. The lowest BCUT2D eigenvalue weighted by atomic mass is 9.96. The van der Waals surface area contributed by atoms with Gasteiger partial charge in [-0.2, -0.15) is 9.97 Å². The maximum atomic E-state index is 13.7. The number of ether oxygens (including phenoxy) is 3. The number of nitrogen functional groups attached to an aromatic ring is 1. The number of hydrogen-bond acceptors (Lipinski definition) is 12. The molecule has 37 heavy (non-hydrogen) atoms. The van der Waals surface area contributed by atoms with Gasteiger partial charge in [-0.1, -0.05) is 0 Å². The Morgan fingerprint density at radius 1 is 1.41 bits per heavy atom. The molecule has 6 N–H and O–H groups in total. The SMILES string of the molecule is CCOC(=O)C(C)(C)NP(=O)(NC(C)C)OC[C@H]1O[C@@H](n2cnc3c(OC)nc(N)nc32)[C@@](C)(O)C1O. The number of imidazole rings is 1. The number of fused-ring (bicyclic) bond motifs is 1. The molecule has 208 valence electrons. The molecule has 16 heteroatoms. The van der Waals surface area contributed by atoms with Crippen molar-refractivity contribution >= 4 is 30.8 Å². The number of nitrogens with zero attached hydrogens (tertiary/aromatic N) is 4. The molecule has 1 saturated heterocycles. The predicted molar refractivity (Wildman–Crippen MR) is 133 cm³/mol. The van der Waals surface area contributed by atoms with Crippen LogP contribution in [0.1, 0.15) is 47.8 Å². The first kappa shape index (κ1) is 29.2. The second kappa shape index (κ2) is 10.8. The van der Waals surface area contributed by atoms with E-state index in [-0.39, 0.29) is 35.6 Å². The molecule has 0 bridgehead atoms. The van der Waals surface area contributed by atoms with Crippen LogP contribution in [0.5, 0.6) is 5.88 Å². The van der Waals surface area contributed by atoms with E-state index in [4.69, 9.17) is 24.5 Å². The Kier molecular flexibility index (Phi) is 8.49. The maximum Gasteiger partial charge on any atom is 0.342 e. The third kappa shape index (κ3) is 6.03. The lowest BCUT2D eigenvalue weighted by molar-refractivity contribution is -0.149. The van der Waals surface area contributed by atoms with Crippen molar-refractivity contribution < 1.29 is 38.3 Å². The lowest BCUT2D eigenvalue weighted by Crippen LogP contribution is -2.49. The van der Waals surface area contributed by atoms with Gasteiger partial charge in [0.2, 0.25) is 11.8 Å². The molecule has 0 radical (unpaired) electrons. The zero-order chi connectivity index (χ0) is 27.8.